The summed E-state index contributed by atoms with van der Waals surface area (Å²) in [6, 6.07) is 5.51. The van der Waals surface area contributed by atoms with E-state index in [1.165, 1.54) is 0 Å². The molecule has 1 fully saturated rings. The molecule has 0 spiro atoms. The molecular formula is C18H27N5O2. The summed E-state index contributed by atoms with van der Waals surface area (Å²) in [5, 5.41) is 7.35. The number of likely N-dealkylation sites (tertiary alicyclic amines) is 1. The summed E-state index contributed by atoms with van der Waals surface area (Å²) < 4.78 is 7.41. The van der Waals surface area contributed by atoms with Crippen molar-refractivity contribution < 1.29 is 9.21 Å². The van der Waals surface area contributed by atoms with Crippen molar-refractivity contribution in [2.24, 2.45) is 5.92 Å². The fourth-order valence-corrected chi connectivity index (χ4v) is 3.17. The average molecular weight is 345 g/mol. The molecule has 2 aromatic rings. The highest BCUT2D eigenvalue weighted by atomic mass is 16.3. The molecule has 1 N–H and O–H groups in total. The first-order chi connectivity index (χ1) is 12.0. The number of amides is 2. The number of likely N-dealkylation sites (N-methyl/N-ethyl adjacent to an activating group) is 1. The molecule has 0 unspecified atom stereocenters. The van der Waals surface area contributed by atoms with Crippen molar-refractivity contribution in [2.75, 3.05) is 32.5 Å². The predicted octanol–water partition coefficient (Wildman–Crippen LogP) is 3.04. The summed E-state index contributed by atoms with van der Waals surface area (Å²) in [6.45, 7) is 4.63. The van der Waals surface area contributed by atoms with E-state index in [1.54, 1.807) is 6.26 Å². The molecule has 0 aromatic carbocycles. The number of aromatic nitrogens is 2. The Balaban J connectivity index is 1.65. The second-order valence-corrected chi connectivity index (χ2v) is 7.05. The maximum absolute atomic E-state index is 12.8. The number of rotatable bonds is 5. The van der Waals surface area contributed by atoms with Gasteiger partial charge in [-0.25, -0.2) is 4.79 Å². The Labute approximate surface area is 148 Å². The standard InChI is InChI=1S/C18H27N5O2/c1-14-6-9-23(15(13-14)16-5-4-12-25-16)18(24)19-17-7-8-22(20-17)11-10-21(2)3/h4-5,7-8,12,14-15H,6,9-11,13H2,1-3H3,(H,19,20,24)/t14-,15-/m1/s1. The van der Waals surface area contributed by atoms with Crippen LogP contribution >= 0.6 is 0 Å². The van der Waals surface area contributed by atoms with E-state index < -0.39 is 0 Å². The molecule has 1 aliphatic heterocycles. The minimum Gasteiger partial charge on any atom is -0.467 e. The molecule has 2 atom stereocenters. The van der Waals surface area contributed by atoms with Gasteiger partial charge in [-0.1, -0.05) is 6.92 Å². The molecule has 7 heteroatoms. The molecule has 1 saturated heterocycles. The monoisotopic (exact) mass is 345 g/mol. The van der Waals surface area contributed by atoms with Crippen LogP contribution in [0, 0.1) is 5.92 Å². The van der Waals surface area contributed by atoms with Crippen LogP contribution in [-0.2, 0) is 6.54 Å². The lowest BCUT2D eigenvalue weighted by molar-refractivity contribution is 0.129. The van der Waals surface area contributed by atoms with Gasteiger partial charge < -0.3 is 14.2 Å². The van der Waals surface area contributed by atoms with E-state index >= 15 is 0 Å². The van der Waals surface area contributed by atoms with E-state index in [0.717, 1.165) is 38.2 Å². The first kappa shape index (κ1) is 17.5. The SMILES string of the molecule is C[C@@H]1CCN(C(=O)Nc2ccn(CCN(C)C)n2)[C@@H](c2ccco2)C1. The van der Waals surface area contributed by atoms with Gasteiger partial charge in [0.05, 0.1) is 18.8 Å². The van der Waals surface area contributed by atoms with E-state index in [-0.39, 0.29) is 12.1 Å². The fraction of sp³-hybridized carbons (Fsp3) is 0.556. The first-order valence-corrected chi connectivity index (χ1v) is 8.82. The van der Waals surface area contributed by atoms with Crippen LogP contribution in [0.1, 0.15) is 31.6 Å². The summed E-state index contributed by atoms with van der Waals surface area (Å²) in [6.07, 6.45) is 5.47. The number of carbonyl (C=O) groups excluding carboxylic acids is 1. The summed E-state index contributed by atoms with van der Waals surface area (Å²) in [4.78, 5) is 16.7. The smallest absolute Gasteiger partial charge is 0.323 e. The van der Waals surface area contributed by atoms with Crippen LogP contribution in [0.25, 0.3) is 0 Å². The molecule has 1 aliphatic rings. The maximum Gasteiger partial charge on any atom is 0.323 e. The van der Waals surface area contributed by atoms with Crippen LogP contribution in [0.5, 0.6) is 0 Å². The summed E-state index contributed by atoms with van der Waals surface area (Å²) in [7, 11) is 4.05. The Bertz CT molecular complexity index is 679. The van der Waals surface area contributed by atoms with Gasteiger partial charge in [0, 0.05) is 25.4 Å². The molecule has 0 aliphatic carbocycles. The molecular weight excluding hydrogens is 318 g/mol. The Hall–Kier alpha value is -2.28. The van der Waals surface area contributed by atoms with Gasteiger partial charge in [-0.2, -0.15) is 5.10 Å². The zero-order valence-corrected chi connectivity index (χ0v) is 15.2. The normalized spacial score (nSPS) is 20.9. The number of nitrogens with one attached hydrogen (secondary N) is 1. The van der Waals surface area contributed by atoms with Crippen molar-refractivity contribution >= 4 is 11.8 Å². The summed E-state index contributed by atoms with van der Waals surface area (Å²) >= 11 is 0. The van der Waals surface area contributed by atoms with Gasteiger partial charge in [0.2, 0.25) is 0 Å². The number of carbonyl (C=O) groups is 1. The van der Waals surface area contributed by atoms with Gasteiger partial charge in [-0.3, -0.25) is 10.00 Å². The van der Waals surface area contributed by atoms with Gasteiger partial charge in [0.15, 0.2) is 5.82 Å². The number of hydrogen-bond acceptors (Lipinski definition) is 4. The van der Waals surface area contributed by atoms with Crippen molar-refractivity contribution in [3.63, 3.8) is 0 Å². The van der Waals surface area contributed by atoms with Crippen molar-refractivity contribution in [2.45, 2.75) is 32.4 Å². The van der Waals surface area contributed by atoms with Crippen LogP contribution in [0.3, 0.4) is 0 Å². The third-order valence-electron chi connectivity index (χ3n) is 4.65. The second-order valence-electron chi connectivity index (χ2n) is 7.05. The molecule has 7 nitrogen and oxygen atoms in total. The minimum absolute atomic E-state index is 0.0189. The van der Waals surface area contributed by atoms with E-state index in [0.29, 0.717) is 11.7 Å². The Morgan fingerprint density at radius 2 is 2.28 bits per heavy atom. The highest BCUT2D eigenvalue weighted by molar-refractivity contribution is 5.88. The van der Waals surface area contributed by atoms with E-state index in [9.17, 15) is 4.79 Å². The second kappa shape index (κ2) is 7.74. The topological polar surface area (TPSA) is 66.5 Å². The van der Waals surface area contributed by atoms with Crippen LogP contribution in [-0.4, -0.2) is 52.8 Å². The average Bonchev–Trinajstić information content (AvgIpc) is 3.24. The van der Waals surface area contributed by atoms with Crippen LogP contribution in [0.4, 0.5) is 10.6 Å². The van der Waals surface area contributed by atoms with Crippen molar-refractivity contribution in [1.82, 2.24) is 19.6 Å². The van der Waals surface area contributed by atoms with E-state index in [2.05, 4.69) is 22.2 Å². The molecule has 3 heterocycles. The van der Waals surface area contributed by atoms with Gasteiger partial charge in [0.25, 0.3) is 0 Å². The number of piperidine rings is 1. The number of nitrogens with zero attached hydrogens (tertiary/aromatic N) is 4. The lowest BCUT2D eigenvalue weighted by Gasteiger charge is -2.37. The maximum atomic E-state index is 12.8. The molecule has 0 radical (unpaired) electrons. The van der Waals surface area contributed by atoms with Crippen LogP contribution in [0.15, 0.2) is 35.1 Å². The molecule has 0 saturated carbocycles. The van der Waals surface area contributed by atoms with Crippen LogP contribution < -0.4 is 5.32 Å². The third kappa shape index (κ3) is 4.42. The Morgan fingerprint density at radius 1 is 1.44 bits per heavy atom. The Morgan fingerprint density at radius 3 is 3.00 bits per heavy atom. The first-order valence-electron chi connectivity index (χ1n) is 8.82. The molecule has 2 amide bonds. The number of anilines is 1. The predicted molar refractivity (Wildman–Crippen MR) is 96.4 cm³/mol. The van der Waals surface area contributed by atoms with Crippen molar-refractivity contribution in [3.8, 4) is 0 Å². The summed E-state index contributed by atoms with van der Waals surface area (Å²) in [5.41, 5.74) is 0. The molecule has 0 bridgehead atoms. The molecule has 136 valence electrons. The highest BCUT2D eigenvalue weighted by Crippen LogP contribution is 2.34. The molecule has 3 rings (SSSR count). The lowest BCUT2D eigenvalue weighted by atomic mass is 9.91. The van der Waals surface area contributed by atoms with Crippen molar-refractivity contribution in [1.29, 1.82) is 0 Å². The zero-order chi connectivity index (χ0) is 17.8. The van der Waals surface area contributed by atoms with Crippen molar-refractivity contribution in [3.05, 3.63) is 36.4 Å². The van der Waals surface area contributed by atoms with Gasteiger partial charge >= 0.3 is 6.03 Å². The third-order valence-corrected chi connectivity index (χ3v) is 4.65. The van der Waals surface area contributed by atoms with E-state index in [1.807, 2.05) is 48.1 Å². The number of hydrogen-bond donors (Lipinski definition) is 1. The van der Waals surface area contributed by atoms with Crippen LogP contribution in [0.2, 0.25) is 0 Å². The fourth-order valence-electron chi connectivity index (χ4n) is 3.17. The quantitative estimate of drug-likeness (QED) is 0.904. The minimum atomic E-state index is -0.119. The summed E-state index contributed by atoms with van der Waals surface area (Å²) in [5.74, 6) is 2.00. The zero-order valence-electron chi connectivity index (χ0n) is 15.2. The molecule has 2 aromatic heterocycles. The highest BCUT2D eigenvalue weighted by Gasteiger charge is 2.33. The van der Waals surface area contributed by atoms with Gasteiger partial charge in [-0.05, 0) is 45.0 Å². The van der Waals surface area contributed by atoms with Gasteiger partial charge in [-0.15, -0.1) is 0 Å². The lowest BCUT2D eigenvalue weighted by Crippen LogP contribution is -2.42. The van der Waals surface area contributed by atoms with E-state index in [4.69, 9.17) is 4.42 Å². The number of urea groups is 1. The number of furan rings is 1. The van der Waals surface area contributed by atoms with Gasteiger partial charge in [0.1, 0.15) is 5.76 Å². The Kier molecular flexibility index (Phi) is 5.43. The largest absolute Gasteiger partial charge is 0.467 e. The molecule has 25 heavy (non-hydrogen) atoms.